The van der Waals surface area contributed by atoms with Crippen LogP contribution in [0.25, 0.3) is 0 Å². The number of Topliss-reactive ketones (excluding diaryl/α,β-unsaturated/α-hetero) is 1. The van der Waals surface area contributed by atoms with Gasteiger partial charge in [0, 0.05) is 16.7 Å². The molecule has 1 heterocycles. The third-order valence-electron chi connectivity index (χ3n) is 9.37. The van der Waals surface area contributed by atoms with Crippen molar-refractivity contribution in [3.8, 4) is 0 Å². The van der Waals surface area contributed by atoms with E-state index in [2.05, 4.69) is 20.8 Å². The highest BCUT2D eigenvalue weighted by molar-refractivity contribution is 6.01. The third-order valence-corrected chi connectivity index (χ3v) is 9.37. The average molecular weight is 431 g/mol. The second-order valence-corrected chi connectivity index (χ2v) is 10.7. The fourth-order valence-electron chi connectivity index (χ4n) is 8.12. The van der Waals surface area contributed by atoms with Gasteiger partial charge in [0.15, 0.2) is 23.5 Å². The van der Waals surface area contributed by atoms with Crippen molar-refractivity contribution >= 4 is 11.6 Å². The first-order valence-corrected chi connectivity index (χ1v) is 11.8. The van der Waals surface area contributed by atoms with E-state index >= 15 is 0 Å². The van der Waals surface area contributed by atoms with Crippen molar-refractivity contribution in [2.45, 2.75) is 83.4 Å². The molecule has 0 aromatic rings. The van der Waals surface area contributed by atoms with Crippen molar-refractivity contribution in [1.29, 1.82) is 0 Å². The van der Waals surface area contributed by atoms with Crippen LogP contribution in [0.5, 0.6) is 0 Å². The Kier molecular flexibility index (Phi) is 4.91. The summed E-state index contributed by atoms with van der Waals surface area (Å²) < 4.78 is 12.7. The second kappa shape index (κ2) is 7.08. The number of hydrogen-bond acceptors (Lipinski definition) is 6. The van der Waals surface area contributed by atoms with Crippen molar-refractivity contribution in [1.82, 2.24) is 0 Å². The smallest absolute Gasteiger partial charge is 0.193 e. The number of ketones is 2. The van der Waals surface area contributed by atoms with Crippen LogP contribution in [-0.4, -0.2) is 52.5 Å². The zero-order valence-corrected chi connectivity index (χ0v) is 18.7. The van der Waals surface area contributed by atoms with Gasteiger partial charge in [0.1, 0.15) is 6.61 Å². The fraction of sp³-hybridized carbons (Fsp3) is 0.760. The number of aliphatic hydroxyl groups is 2. The Morgan fingerprint density at radius 2 is 2.10 bits per heavy atom. The molecule has 9 atom stereocenters. The standard InChI is InChI=1S/C25H34O6/c1-4-5-21-30-20-11-17-16-7-6-14-10-15(27)8-9-23(14,2)22(16)18(28)12-24(17,3)25(20,31-21)19(29)13-26/h8-10,16-18,20-22,26,28H,4-7,11-13H2,1-3H3/t16?,17?,18?,20-,21?,22?,23+,24+,25-/m1/s1. The number of hydrogen-bond donors (Lipinski definition) is 2. The maximum atomic E-state index is 13.2. The van der Waals surface area contributed by atoms with Crippen molar-refractivity contribution < 1.29 is 29.3 Å². The zero-order valence-electron chi connectivity index (χ0n) is 18.7. The van der Waals surface area contributed by atoms with Crippen LogP contribution in [0.15, 0.2) is 23.8 Å². The molecule has 5 aliphatic rings. The minimum absolute atomic E-state index is 0.0125. The lowest BCUT2D eigenvalue weighted by Crippen LogP contribution is -2.63. The van der Waals surface area contributed by atoms with Crippen molar-refractivity contribution in [3.05, 3.63) is 23.8 Å². The van der Waals surface area contributed by atoms with E-state index < -0.39 is 36.1 Å². The van der Waals surface area contributed by atoms with Gasteiger partial charge >= 0.3 is 0 Å². The zero-order chi connectivity index (χ0) is 22.2. The summed E-state index contributed by atoms with van der Waals surface area (Å²) in [6.45, 7) is 5.67. The van der Waals surface area contributed by atoms with Crippen LogP contribution in [-0.2, 0) is 19.1 Å². The molecule has 1 aliphatic heterocycles. The maximum absolute atomic E-state index is 13.2. The molecule has 5 unspecified atom stereocenters. The van der Waals surface area contributed by atoms with Crippen LogP contribution in [0.4, 0.5) is 0 Å². The van der Waals surface area contributed by atoms with E-state index in [4.69, 9.17) is 9.47 Å². The molecule has 6 heteroatoms. The van der Waals surface area contributed by atoms with Crippen LogP contribution < -0.4 is 0 Å². The predicted molar refractivity (Wildman–Crippen MR) is 113 cm³/mol. The first kappa shape index (κ1) is 21.5. The van der Waals surface area contributed by atoms with Gasteiger partial charge in [-0.05, 0) is 56.1 Å². The molecule has 0 bridgehead atoms. The summed E-state index contributed by atoms with van der Waals surface area (Å²) in [5.74, 6) is 0.0274. The second-order valence-electron chi connectivity index (χ2n) is 10.7. The van der Waals surface area contributed by atoms with Gasteiger partial charge in [0.05, 0.1) is 12.2 Å². The van der Waals surface area contributed by atoms with Crippen LogP contribution in [0.1, 0.15) is 59.3 Å². The molecule has 4 aliphatic carbocycles. The number of rotatable bonds is 4. The Morgan fingerprint density at radius 1 is 1.32 bits per heavy atom. The number of carbonyl (C=O) groups excluding carboxylic acids is 2. The molecular weight excluding hydrogens is 396 g/mol. The topological polar surface area (TPSA) is 93.1 Å². The lowest BCUT2D eigenvalue weighted by Gasteiger charge is -2.59. The van der Waals surface area contributed by atoms with E-state index in [1.54, 1.807) is 12.2 Å². The van der Waals surface area contributed by atoms with Gasteiger partial charge in [0.2, 0.25) is 0 Å². The van der Waals surface area contributed by atoms with Gasteiger partial charge < -0.3 is 19.7 Å². The Labute approximate surface area is 183 Å². The normalized spacial score (nSPS) is 50.4. The maximum Gasteiger partial charge on any atom is 0.193 e. The lowest BCUT2D eigenvalue weighted by atomic mass is 9.46. The quantitative estimate of drug-likeness (QED) is 0.712. The van der Waals surface area contributed by atoms with E-state index in [1.807, 2.05) is 6.08 Å². The van der Waals surface area contributed by atoms with Crippen LogP contribution >= 0.6 is 0 Å². The molecule has 0 aromatic carbocycles. The first-order valence-electron chi connectivity index (χ1n) is 11.8. The number of allylic oxidation sites excluding steroid dienone is 4. The molecule has 4 fully saturated rings. The molecular formula is C25H34O6. The summed E-state index contributed by atoms with van der Waals surface area (Å²) in [7, 11) is 0. The average Bonchev–Trinajstić information content (AvgIpc) is 3.20. The molecule has 3 saturated carbocycles. The van der Waals surface area contributed by atoms with Crippen molar-refractivity contribution in [2.75, 3.05) is 6.61 Å². The van der Waals surface area contributed by atoms with Gasteiger partial charge in [-0.2, -0.15) is 0 Å². The Balaban J connectivity index is 1.55. The largest absolute Gasteiger partial charge is 0.393 e. The molecule has 0 spiro atoms. The van der Waals surface area contributed by atoms with E-state index in [1.165, 1.54) is 0 Å². The van der Waals surface area contributed by atoms with Gasteiger partial charge in [-0.1, -0.05) is 38.8 Å². The number of carbonyl (C=O) groups is 2. The summed E-state index contributed by atoms with van der Waals surface area (Å²) >= 11 is 0. The van der Waals surface area contributed by atoms with Gasteiger partial charge in [-0.25, -0.2) is 0 Å². The highest BCUT2D eigenvalue weighted by Crippen LogP contribution is 2.69. The van der Waals surface area contributed by atoms with Gasteiger partial charge in [0.25, 0.3) is 0 Å². The summed E-state index contributed by atoms with van der Waals surface area (Å²) in [6, 6.07) is 0. The van der Waals surface area contributed by atoms with Crippen LogP contribution in [0.2, 0.25) is 0 Å². The van der Waals surface area contributed by atoms with Crippen LogP contribution in [0, 0.1) is 28.6 Å². The van der Waals surface area contributed by atoms with Gasteiger partial charge in [-0.3, -0.25) is 9.59 Å². The molecule has 5 rings (SSSR count). The number of fused-ring (bicyclic) bond motifs is 7. The molecule has 0 radical (unpaired) electrons. The van der Waals surface area contributed by atoms with Crippen molar-refractivity contribution in [2.24, 2.45) is 28.6 Å². The SMILES string of the molecule is CCCC1O[C@@H]2CC3C4CCC5=CC(=O)C=C[C@]5(C)C4C(O)C[C@]3(C)[C@]2(C(=O)CO)O1. The predicted octanol–water partition coefficient (Wildman–Crippen LogP) is 2.72. The number of ether oxygens (including phenoxy) is 2. The monoisotopic (exact) mass is 430 g/mol. The highest BCUT2D eigenvalue weighted by atomic mass is 16.7. The Hall–Kier alpha value is -1.34. The van der Waals surface area contributed by atoms with Crippen molar-refractivity contribution in [3.63, 3.8) is 0 Å². The van der Waals surface area contributed by atoms with E-state index in [0.717, 1.165) is 24.8 Å². The van der Waals surface area contributed by atoms with E-state index in [9.17, 15) is 19.8 Å². The molecule has 2 N–H and O–H groups in total. The Morgan fingerprint density at radius 3 is 2.81 bits per heavy atom. The molecule has 170 valence electrons. The van der Waals surface area contributed by atoms with Crippen LogP contribution in [0.3, 0.4) is 0 Å². The van der Waals surface area contributed by atoms with Gasteiger partial charge in [-0.15, -0.1) is 0 Å². The number of aliphatic hydroxyl groups excluding tert-OH is 2. The Bertz CT molecular complexity index is 862. The molecule has 0 amide bonds. The summed E-state index contributed by atoms with van der Waals surface area (Å²) in [5, 5.41) is 21.4. The molecule has 6 nitrogen and oxygen atoms in total. The fourth-order valence-corrected chi connectivity index (χ4v) is 8.12. The highest BCUT2D eigenvalue weighted by Gasteiger charge is 2.75. The first-order chi connectivity index (χ1) is 14.7. The minimum Gasteiger partial charge on any atom is -0.393 e. The summed E-state index contributed by atoms with van der Waals surface area (Å²) in [6.07, 6.45) is 8.31. The lowest BCUT2D eigenvalue weighted by molar-refractivity contribution is -0.200. The van der Waals surface area contributed by atoms with E-state index in [0.29, 0.717) is 19.3 Å². The third kappa shape index (κ3) is 2.65. The molecule has 0 aromatic heterocycles. The summed E-state index contributed by atoms with van der Waals surface area (Å²) in [5.41, 5.74) is -1.05. The molecule has 31 heavy (non-hydrogen) atoms. The summed E-state index contributed by atoms with van der Waals surface area (Å²) in [4.78, 5) is 25.2. The molecule has 1 saturated heterocycles. The minimum atomic E-state index is -1.20. The van der Waals surface area contributed by atoms with E-state index in [-0.39, 0.29) is 34.7 Å².